The van der Waals surface area contributed by atoms with E-state index in [4.69, 9.17) is 14.4 Å². The summed E-state index contributed by atoms with van der Waals surface area (Å²) in [6.45, 7) is 2.76. The summed E-state index contributed by atoms with van der Waals surface area (Å²) in [5.74, 6) is 1.11. The predicted molar refractivity (Wildman–Crippen MR) is 119 cm³/mol. The summed E-state index contributed by atoms with van der Waals surface area (Å²) >= 11 is 0. The van der Waals surface area contributed by atoms with Crippen LogP contribution >= 0.6 is 0 Å². The highest BCUT2D eigenvalue weighted by Gasteiger charge is 2.22. The molecule has 0 aliphatic carbocycles. The van der Waals surface area contributed by atoms with E-state index in [9.17, 15) is 4.79 Å². The van der Waals surface area contributed by atoms with Crippen LogP contribution in [-0.4, -0.2) is 24.0 Å². The quantitative estimate of drug-likeness (QED) is 0.404. The third kappa shape index (κ3) is 4.26. The van der Waals surface area contributed by atoms with Crippen molar-refractivity contribution < 1.29 is 13.9 Å². The van der Waals surface area contributed by atoms with Gasteiger partial charge in [-0.1, -0.05) is 18.2 Å². The van der Waals surface area contributed by atoms with Gasteiger partial charge in [0.05, 0.1) is 36.4 Å². The highest BCUT2D eigenvalue weighted by atomic mass is 16.5. The lowest BCUT2D eigenvalue weighted by molar-refractivity contribution is 0.0989. The number of hydrogen-bond donors (Lipinski definition) is 0. The number of rotatable bonds is 7. The van der Waals surface area contributed by atoms with Crippen molar-refractivity contribution in [2.24, 2.45) is 0 Å². The fourth-order valence-corrected chi connectivity index (χ4v) is 3.45. The standard InChI is InChI=1S/C25H21N3O3/c1-2-30-19-12-10-18(11-13-19)28(15-6-14-26)25(29)21-17-23(24-9-5-16-31-24)27-22-8-4-3-7-20(21)22/h3-5,7-13,16-17H,2,6,15H2,1H3. The number of anilines is 1. The molecule has 0 spiro atoms. The van der Waals surface area contributed by atoms with Crippen LogP contribution in [0.25, 0.3) is 22.4 Å². The Hall–Kier alpha value is -4.11. The van der Waals surface area contributed by atoms with Crippen LogP contribution in [-0.2, 0) is 0 Å². The summed E-state index contributed by atoms with van der Waals surface area (Å²) in [7, 11) is 0. The Morgan fingerprint density at radius 1 is 1.13 bits per heavy atom. The molecule has 6 heteroatoms. The Morgan fingerprint density at radius 2 is 1.94 bits per heavy atom. The van der Waals surface area contributed by atoms with E-state index in [-0.39, 0.29) is 18.9 Å². The number of aromatic nitrogens is 1. The number of carbonyl (C=O) groups is 1. The summed E-state index contributed by atoms with van der Waals surface area (Å²) in [6, 6.07) is 22.3. The lowest BCUT2D eigenvalue weighted by Crippen LogP contribution is -2.32. The van der Waals surface area contributed by atoms with Crippen LogP contribution in [0, 0.1) is 11.3 Å². The molecule has 0 radical (unpaired) electrons. The first kappa shape index (κ1) is 20.2. The Balaban J connectivity index is 1.80. The van der Waals surface area contributed by atoms with Gasteiger partial charge in [-0.15, -0.1) is 0 Å². The summed E-state index contributed by atoms with van der Waals surface area (Å²) in [5, 5.41) is 9.89. The number of pyridine rings is 1. The molecule has 2 aromatic heterocycles. The van der Waals surface area contributed by atoms with Crippen molar-refractivity contribution in [2.45, 2.75) is 13.3 Å². The number of nitrogens with zero attached hydrogens (tertiary/aromatic N) is 3. The van der Waals surface area contributed by atoms with E-state index in [1.807, 2.05) is 61.5 Å². The number of nitriles is 1. The summed E-state index contributed by atoms with van der Waals surface area (Å²) < 4.78 is 11.0. The first-order valence-corrected chi connectivity index (χ1v) is 10.1. The van der Waals surface area contributed by atoms with Gasteiger partial charge >= 0.3 is 0 Å². The van der Waals surface area contributed by atoms with Crippen LogP contribution in [0.5, 0.6) is 5.75 Å². The molecule has 0 saturated heterocycles. The van der Waals surface area contributed by atoms with Gasteiger partial charge in [0.25, 0.3) is 5.91 Å². The second-order valence-corrected chi connectivity index (χ2v) is 6.84. The summed E-state index contributed by atoms with van der Waals surface area (Å²) in [4.78, 5) is 20.0. The molecule has 0 atom stereocenters. The predicted octanol–water partition coefficient (Wildman–Crippen LogP) is 5.45. The van der Waals surface area contributed by atoms with E-state index in [1.165, 1.54) is 0 Å². The molecule has 0 saturated carbocycles. The number of para-hydroxylation sites is 1. The van der Waals surface area contributed by atoms with Gasteiger partial charge in [0, 0.05) is 17.6 Å². The van der Waals surface area contributed by atoms with E-state index >= 15 is 0 Å². The Labute approximate surface area is 180 Å². The number of amides is 1. The van der Waals surface area contributed by atoms with Gasteiger partial charge in [0.1, 0.15) is 11.4 Å². The number of hydrogen-bond acceptors (Lipinski definition) is 5. The lowest BCUT2D eigenvalue weighted by Gasteiger charge is -2.23. The number of ether oxygens (including phenoxy) is 1. The smallest absolute Gasteiger partial charge is 0.259 e. The molecule has 6 nitrogen and oxygen atoms in total. The van der Waals surface area contributed by atoms with E-state index < -0.39 is 0 Å². The molecule has 0 aliphatic heterocycles. The molecule has 154 valence electrons. The van der Waals surface area contributed by atoms with E-state index in [0.29, 0.717) is 34.8 Å². The van der Waals surface area contributed by atoms with Gasteiger partial charge in [-0.2, -0.15) is 5.26 Å². The third-order valence-corrected chi connectivity index (χ3v) is 4.87. The second-order valence-electron chi connectivity index (χ2n) is 6.84. The van der Waals surface area contributed by atoms with E-state index in [0.717, 1.165) is 11.1 Å². The molecule has 1 amide bonds. The normalized spacial score (nSPS) is 10.6. The highest BCUT2D eigenvalue weighted by Crippen LogP contribution is 2.28. The topological polar surface area (TPSA) is 79.4 Å². The van der Waals surface area contributed by atoms with Crippen molar-refractivity contribution in [3.8, 4) is 23.3 Å². The van der Waals surface area contributed by atoms with Gasteiger partial charge in [-0.3, -0.25) is 4.79 Å². The molecule has 4 aromatic rings. The molecule has 0 bridgehead atoms. The molecular formula is C25H21N3O3. The SMILES string of the molecule is CCOc1ccc(N(CCC#N)C(=O)c2cc(-c3ccco3)nc3ccccc23)cc1. The molecule has 4 rings (SSSR count). The molecular weight excluding hydrogens is 390 g/mol. The van der Waals surface area contributed by atoms with E-state index in [2.05, 4.69) is 11.1 Å². The Kier molecular flexibility index (Phi) is 5.95. The molecule has 0 fully saturated rings. The number of furan rings is 1. The zero-order valence-electron chi connectivity index (χ0n) is 17.1. The second kappa shape index (κ2) is 9.14. The average molecular weight is 411 g/mol. The van der Waals surface area contributed by atoms with Crippen LogP contribution in [0.4, 0.5) is 5.69 Å². The summed E-state index contributed by atoms with van der Waals surface area (Å²) in [6.07, 6.45) is 1.79. The van der Waals surface area contributed by atoms with Crippen molar-refractivity contribution in [1.29, 1.82) is 5.26 Å². The monoisotopic (exact) mass is 411 g/mol. The minimum absolute atomic E-state index is 0.203. The van der Waals surface area contributed by atoms with Crippen LogP contribution < -0.4 is 9.64 Å². The average Bonchev–Trinajstić information content (AvgIpc) is 3.35. The minimum Gasteiger partial charge on any atom is -0.494 e. The number of fused-ring (bicyclic) bond motifs is 1. The van der Waals surface area contributed by atoms with Crippen LogP contribution in [0.3, 0.4) is 0 Å². The van der Waals surface area contributed by atoms with Gasteiger partial charge < -0.3 is 14.1 Å². The zero-order valence-corrected chi connectivity index (χ0v) is 17.1. The van der Waals surface area contributed by atoms with Crippen molar-refractivity contribution in [3.63, 3.8) is 0 Å². The van der Waals surface area contributed by atoms with Crippen molar-refractivity contribution in [2.75, 3.05) is 18.1 Å². The van der Waals surface area contributed by atoms with Crippen LogP contribution in [0.2, 0.25) is 0 Å². The molecule has 0 unspecified atom stereocenters. The van der Waals surface area contributed by atoms with Gasteiger partial charge in [0.15, 0.2) is 5.76 Å². The van der Waals surface area contributed by atoms with Crippen LogP contribution in [0.15, 0.2) is 77.4 Å². The van der Waals surface area contributed by atoms with E-state index in [1.54, 1.807) is 23.3 Å². The van der Waals surface area contributed by atoms with Gasteiger partial charge in [0.2, 0.25) is 0 Å². The third-order valence-electron chi connectivity index (χ3n) is 4.87. The first-order chi connectivity index (χ1) is 15.2. The maximum Gasteiger partial charge on any atom is 0.259 e. The lowest BCUT2D eigenvalue weighted by atomic mass is 10.0. The number of benzene rings is 2. The summed E-state index contributed by atoms with van der Waals surface area (Å²) in [5.41, 5.74) is 2.48. The highest BCUT2D eigenvalue weighted by molar-refractivity contribution is 6.14. The molecule has 0 aliphatic rings. The van der Waals surface area contributed by atoms with Crippen LogP contribution in [0.1, 0.15) is 23.7 Å². The number of carbonyl (C=O) groups excluding carboxylic acids is 1. The fraction of sp³-hybridized carbons (Fsp3) is 0.160. The maximum atomic E-state index is 13.7. The molecule has 2 heterocycles. The molecule has 0 N–H and O–H groups in total. The van der Waals surface area contributed by atoms with Gasteiger partial charge in [-0.05, 0) is 55.5 Å². The van der Waals surface area contributed by atoms with Gasteiger partial charge in [-0.25, -0.2) is 4.98 Å². The molecule has 31 heavy (non-hydrogen) atoms. The maximum absolute atomic E-state index is 13.7. The Bertz CT molecular complexity index is 1230. The minimum atomic E-state index is -0.203. The van der Waals surface area contributed by atoms with Crippen molar-refractivity contribution in [1.82, 2.24) is 4.98 Å². The largest absolute Gasteiger partial charge is 0.494 e. The van der Waals surface area contributed by atoms with Crippen molar-refractivity contribution >= 4 is 22.5 Å². The first-order valence-electron chi connectivity index (χ1n) is 10.1. The molecule has 2 aromatic carbocycles. The van der Waals surface area contributed by atoms with Crippen molar-refractivity contribution in [3.05, 3.63) is 78.6 Å². The zero-order chi connectivity index (χ0) is 21.6. The Morgan fingerprint density at radius 3 is 2.65 bits per heavy atom. The fourth-order valence-electron chi connectivity index (χ4n) is 3.45.